The lowest BCUT2D eigenvalue weighted by Crippen LogP contribution is -2.57. The van der Waals surface area contributed by atoms with E-state index < -0.39 is 11.5 Å². The Labute approximate surface area is 237 Å². The van der Waals surface area contributed by atoms with Gasteiger partial charge in [0.15, 0.2) is 5.54 Å². The van der Waals surface area contributed by atoms with E-state index in [4.69, 9.17) is 4.74 Å². The lowest BCUT2D eigenvalue weighted by Gasteiger charge is -2.57. The van der Waals surface area contributed by atoms with Gasteiger partial charge in [-0.3, -0.25) is 9.59 Å². The predicted molar refractivity (Wildman–Crippen MR) is 153 cm³/mol. The molecule has 1 unspecified atom stereocenters. The van der Waals surface area contributed by atoms with E-state index in [1.165, 1.54) is 7.11 Å². The standard InChI is InChI=1S/C34H40N2O4/c1-32-20-18-26-24(14-17-28-33(26,2)21-19-29(37)35-28)25(32)15-16-27(32)30(38)36-34(31(39)40-3,22-10-6-4-7-11-22)23-12-8-5-9-13-23/h4-13,17,24-27H,14-16,18-21H2,1-3H3,(H,35,37)(H,36,38)/t24-,25-,26+,27?,32-,33+/m0/s1. The average Bonchev–Trinajstić information content (AvgIpc) is 3.34. The lowest BCUT2D eigenvalue weighted by atomic mass is 9.49. The highest BCUT2D eigenvalue weighted by atomic mass is 16.5. The van der Waals surface area contributed by atoms with Crippen LogP contribution in [-0.2, 0) is 24.7 Å². The molecule has 6 rings (SSSR count). The minimum absolute atomic E-state index is 0.000835. The van der Waals surface area contributed by atoms with Crippen molar-refractivity contribution in [3.63, 3.8) is 0 Å². The Hall–Kier alpha value is -3.41. The van der Waals surface area contributed by atoms with Crippen LogP contribution in [0.5, 0.6) is 0 Å². The SMILES string of the molecule is COC(=O)C(NC(=O)C1CC[C@H]2[C@@H]3CC=C4NC(=O)CC[C@]4(C)[C@@H]3CC[C@]12C)(c1ccccc1)c1ccccc1. The van der Waals surface area contributed by atoms with Crippen LogP contribution >= 0.6 is 0 Å². The van der Waals surface area contributed by atoms with Crippen molar-refractivity contribution < 1.29 is 19.1 Å². The van der Waals surface area contributed by atoms with Gasteiger partial charge in [-0.25, -0.2) is 4.79 Å². The molecule has 2 N–H and O–H groups in total. The fourth-order valence-corrected chi connectivity index (χ4v) is 9.02. The van der Waals surface area contributed by atoms with Gasteiger partial charge in [0.2, 0.25) is 11.8 Å². The zero-order valence-corrected chi connectivity index (χ0v) is 23.7. The second-order valence-corrected chi connectivity index (χ2v) is 12.8. The Balaban J connectivity index is 1.33. The van der Waals surface area contributed by atoms with E-state index >= 15 is 0 Å². The maximum atomic E-state index is 14.4. The zero-order chi connectivity index (χ0) is 28.1. The number of fused-ring (bicyclic) bond motifs is 5. The molecule has 1 saturated heterocycles. The van der Waals surface area contributed by atoms with E-state index in [9.17, 15) is 14.4 Å². The topological polar surface area (TPSA) is 84.5 Å². The first-order chi connectivity index (χ1) is 19.2. The molecule has 210 valence electrons. The number of benzene rings is 2. The molecule has 6 atom stereocenters. The third-order valence-corrected chi connectivity index (χ3v) is 11.1. The molecule has 4 aliphatic rings. The van der Waals surface area contributed by atoms with Crippen molar-refractivity contribution >= 4 is 17.8 Å². The lowest BCUT2D eigenvalue weighted by molar-refractivity contribution is -0.151. The molecule has 3 aliphatic carbocycles. The average molecular weight is 541 g/mol. The molecule has 6 heteroatoms. The van der Waals surface area contributed by atoms with Crippen LogP contribution in [0.1, 0.15) is 69.9 Å². The molecule has 0 bridgehead atoms. The third-order valence-electron chi connectivity index (χ3n) is 11.1. The minimum Gasteiger partial charge on any atom is -0.467 e. The number of amides is 2. The monoisotopic (exact) mass is 540 g/mol. The van der Waals surface area contributed by atoms with Crippen molar-refractivity contribution in [1.82, 2.24) is 10.6 Å². The Kier molecular flexibility index (Phi) is 6.63. The summed E-state index contributed by atoms with van der Waals surface area (Å²) in [5.41, 5.74) is 0.897. The quantitative estimate of drug-likeness (QED) is 0.492. The van der Waals surface area contributed by atoms with Gasteiger partial charge < -0.3 is 15.4 Å². The van der Waals surface area contributed by atoms with E-state index in [0.29, 0.717) is 35.3 Å². The van der Waals surface area contributed by atoms with Gasteiger partial charge in [0.25, 0.3) is 0 Å². The van der Waals surface area contributed by atoms with Gasteiger partial charge in [-0.15, -0.1) is 0 Å². The molecular weight excluding hydrogens is 500 g/mol. The van der Waals surface area contributed by atoms with E-state index in [-0.39, 0.29) is 28.6 Å². The number of carbonyl (C=O) groups is 3. The summed E-state index contributed by atoms with van der Waals surface area (Å²) >= 11 is 0. The largest absolute Gasteiger partial charge is 0.467 e. The highest BCUT2D eigenvalue weighted by molar-refractivity contribution is 5.93. The van der Waals surface area contributed by atoms with Gasteiger partial charge in [-0.05, 0) is 72.8 Å². The normalized spacial score (nSPS) is 33.0. The van der Waals surface area contributed by atoms with Crippen LogP contribution in [0.3, 0.4) is 0 Å². The van der Waals surface area contributed by atoms with E-state index in [0.717, 1.165) is 44.2 Å². The number of piperidine rings is 1. The molecule has 0 spiro atoms. The fourth-order valence-electron chi connectivity index (χ4n) is 9.02. The molecule has 1 heterocycles. The minimum atomic E-state index is -1.43. The van der Waals surface area contributed by atoms with Crippen LogP contribution in [0, 0.1) is 34.5 Å². The van der Waals surface area contributed by atoms with Gasteiger partial charge in [0, 0.05) is 23.5 Å². The second kappa shape index (κ2) is 9.90. The summed E-state index contributed by atoms with van der Waals surface area (Å²) in [5.74, 6) is 0.786. The number of carbonyl (C=O) groups excluding carboxylic acids is 3. The Morgan fingerprint density at radius 2 is 1.57 bits per heavy atom. The Bertz CT molecular complexity index is 1300. The van der Waals surface area contributed by atoms with E-state index in [1.54, 1.807) is 0 Å². The summed E-state index contributed by atoms with van der Waals surface area (Å²) in [7, 11) is 1.38. The van der Waals surface area contributed by atoms with Gasteiger partial charge in [-0.2, -0.15) is 0 Å². The van der Waals surface area contributed by atoms with Crippen LogP contribution in [0.2, 0.25) is 0 Å². The second-order valence-electron chi connectivity index (χ2n) is 12.8. The van der Waals surface area contributed by atoms with Gasteiger partial charge in [0.05, 0.1) is 7.11 Å². The fraction of sp³-hybridized carbons (Fsp3) is 0.500. The molecule has 2 amide bonds. The number of hydrogen-bond acceptors (Lipinski definition) is 4. The van der Waals surface area contributed by atoms with E-state index in [1.807, 2.05) is 60.7 Å². The van der Waals surface area contributed by atoms with Gasteiger partial charge >= 0.3 is 5.97 Å². The summed E-state index contributed by atoms with van der Waals surface area (Å²) in [4.78, 5) is 40.2. The molecule has 0 radical (unpaired) electrons. The Morgan fingerprint density at radius 3 is 2.20 bits per heavy atom. The van der Waals surface area contributed by atoms with Crippen molar-refractivity contribution in [1.29, 1.82) is 0 Å². The molecule has 6 nitrogen and oxygen atoms in total. The van der Waals surface area contributed by atoms with Gasteiger partial charge in [-0.1, -0.05) is 80.6 Å². The molecule has 1 aliphatic heterocycles. The molecular formula is C34H40N2O4. The van der Waals surface area contributed by atoms with Crippen LogP contribution < -0.4 is 10.6 Å². The number of nitrogens with one attached hydrogen (secondary N) is 2. The summed E-state index contributed by atoms with van der Waals surface area (Å²) in [6, 6.07) is 18.9. The van der Waals surface area contributed by atoms with Crippen molar-refractivity contribution in [3.8, 4) is 0 Å². The first-order valence-electron chi connectivity index (χ1n) is 14.8. The molecule has 2 aromatic carbocycles. The summed E-state index contributed by atoms with van der Waals surface area (Å²) < 4.78 is 5.37. The molecule has 40 heavy (non-hydrogen) atoms. The van der Waals surface area contributed by atoms with Crippen LogP contribution in [0.15, 0.2) is 72.4 Å². The molecule has 2 saturated carbocycles. The molecule has 2 aromatic rings. The number of allylic oxidation sites excluding steroid dienone is 2. The highest BCUT2D eigenvalue weighted by Crippen LogP contribution is 2.65. The first-order valence-corrected chi connectivity index (χ1v) is 14.8. The van der Waals surface area contributed by atoms with Crippen molar-refractivity contribution in [2.75, 3.05) is 7.11 Å². The van der Waals surface area contributed by atoms with Crippen LogP contribution in [-0.4, -0.2) is 24.9 Å². The van der Waals surface area contributed by atoms with Crippen molar-refractivity contribution in [2.24, 2.45) is 34.5 Å². The highest BCUT2D eigenvalue weighted by Gasteiger charge is 2.61. The van der Waals surface area contributed by atoms with Crippen LogP contribution in [0.25, 0.3) is 0 Å². The number of ether oxygens (including phenoxy) is 1. The smallest absolute Gasteiger partial charge is 0.341 e. The first kappa shape index (κ1) is 26.8. The maximum absolute atomic E-state index is 14.4. The summed E-state index contributed by atoms with van der Waals surface area (Å²) in [6.45, 7) is 4.64. The maximum Gasteiger partial charge on any atom is 0.341 e. The molecule has 0 aromatic heterocycles. The zero-order valence-electron chi connectivity index (χ0n) is 23.7. The van der Waals surface area contributed by atoms with Gasteiger partial charge in [0.1, 0.15) is 0 Å². The number of rotatable bonds is 5. The number of methoxy groups -OCH3 is 1. The third kappa shape index (κ3) is 3.93. The number of esters is 1. The number of hydrogen-bond donors (Lipinski definition) is 2. The Morgan fingerprint density at radius 1 is 0.925 bits per heavy atom. The molecule has 3 fully saturated rings. The van der Waals surface area contributed by atoms with E-state index in [2.05, 4.69) is 30.6 Å². The summed E-state index contributed by atoms with van der Waals surface area (Å²) in [6.07, 6.45) is 8.52. The predicted octanol–water partition coefficient (Wildman–Crippen LogP) is 5.48. The van der Waals surface area contributed by atoms with Crippen molar-refractivity contribution in [2.45, 2.75) is 64.3 Å². The van der Waals surface area contributed by atoms with Crippen LogP contribution in [0.4, 0.5) is 0 Å². The van der Waals surface area contributed by atoms with Crippen molar-refractivity contribution in [3.05, 3.63) is 83.6 Å². The summed E-state index contributed by atoms with van der Waals surface area (Å²) in [5, 5.41) is 6.45.